The van der Waals surface area contributed by atoms with Gasteiger partial charge in [0.2, 0.25) is 5.91 Å². The van der Waals surface area contributed by atoms with E-state index in [1.165, 1.54) is 12.1 Å². The molecule has 0 spiro atoms. The fourth-order valence-electron chi connectivity index (χ4n) is 3.26. The molecule has 8 heteroatoms. The lowest BCUT2D eigenvalue weighted by atomic mass is 9.78. The van der Waals surface area contributed by atoms with E-state index < -0.39 is 41.5 Å². The summed E-state index contributed by atoms with van der Waals surface area (Å²) >= 11 is 0. The Morgan fingerprint density at radius 1 is 1.42 bits per heavy atom. The van der Waals surface area contributed by atoms with Gasteiger partial charge in [0, 0.05) is 6.42 Å². The molecule has 0 radical (unpaired) electrons. The third-order valence-electron chi connectivity index (χ3n) is 4.55. The van der Waals surface area contributed by atoms with Crippen molar-refractivity contribution in [1.29, 1.82) is 5.26 Å². The van der Waals surface area contributed by atoms with Crippen molar-refractivity contribution < 1.29 is 23.5 Å². The SMILES string of the molecule is CC(C)(Cc1ccc(F)cc1)[C@H](NC(=O)O)C(=O)N1C[C@@H](F)C[C@H]1C#N. The second-order valence-corrected chi connectivity index (χ2v) is 7.14. The highest BCUT2D eigenvalue weighted by Crippen LogP contribution is 2.30. The number of nitriles is 1. The Bertz CT molecular complexity index is 715. The van der Waals surface area contributed by atoms with Gasteiger partial charge in [-0.15, -0.1) is 0 Å². The minimum atomic E-state index is -1.39. The van der Waals surface area contributed by atoms with E-state index in [2.05, 4.69) is 5.32 Å². The number of hydrogen-bond donors (Lipinski definition) is 2. The van der Waals surface area contributed by atoms with Crippen LogP contribution in [-0.2, 0) is 11.2 Å². The van der Waals surface area contributed by atoms with Gasteiger partial charge in [0.25, 0.3) is 0 Å². The highest BCUT2D eigenvalue weighted by Gasteiger charge is 2.44. The molecule has 1 saturated heterocycles. The van der Waals surface area contributed by atoms with Crippen LogP contribution in [0.4, 0.5) is 13.6 Å². The van der Waals surface area contributed by atoms with Crippen molar-refractivity contribution in [3.8, 4) is 6.07 Å². The van der Waals surface area contributed by atoms with Crippen LogP contribution in [0.25, 0.3) is 0 Å². The van der Waals surface area contributed by atoms with Crippen molar-refractivity contribution in [2.45, 2.75) is 44.9 Å². The van der Waals surface area contributed by atoms with E-state index in [4.69, 9.17) is 10.4 Å². The van der Waals surface area contributed by atoms with Crippen molar-refractivity contribution in [3.63, 3.8) is 0 Å². The highest BCUT2D eigenvalue weighted by atomic mass is 19.1. The van der Waals surface area contributed by atoms with E-state index in [-0.39, 0.29) is 19.4 Å². The molecule has 1 aliphatic rings. The van der Waals surface area contributed by atoms with Crippen molar-refractivity contribution in [2.24, 2.45) is 5.41 Å². The molecule has 1 aliphatic heterocycles. The number of carboxylic acid groups (broad SMARTS) is 1. The molecule has 1 aromatic carbocycles. The molecular weight excluding hydrogens is 344 g/mol. The van der Waals surface area contributed by atoms with Crippen LogP contribution in [0, 0.1) is 22.6 Å². The number of carbonyl (C=O) groups excluding carboxylic acids is 1. The molecule has 1 aromatic rings. The Balaban J connectivity index is 2.27. The predicted molar refractivity (Wildman–Crippen MR) is 89.5 cm³/mol. The van der Waals surface area contributed by atoms with Gasteiger partial charge in [0.15, 0.2) is 0 Å². The van der Waals surface area contributed by atoms with Crippen LogP contribution in [0.3, 0.4) is 0 Å². The molecule has 0 bridgehead atoms. The summed E-state index contributed by atoms with van der Waals surface area (Å²) in [6.45, 7) is 3.15. The van der Waals surface area contributed by atoms with Gasteiger partial charge in [-0.25, -0.2) is 13.6 Å². The second-order valence-electron chi connectivity index (χ2n) is 7.14. The maximum atomic E-state index is 13.7. The average Bonchev–Trinajstić information content (AvgIpc) is 2.94. The Kier molecular flexibility index (Phi) is 5.80. The Morgan fingerprint density at radius 3 is 2.58 bits per heavy atom. The summed E-state index contributed by atoms with van der Waals surface area (Å²) in [4.78, 5) is 25.2. The maximum Gasteiger partial charge on any atom is 0.405 e. The van der Waals surface area contributed by atoms with Crippen LogP contribution in [-0.4, -0.2) is 46.8 Å². The van der Waals surface area contributed by atoms with Crippen molar-refractivity contribution >= 4 is 12.0 Å². The fraction of sp³-hybridized carbons (Fsp3) is 0.500. The maximum absolute atomic E-state index is 13.7. The van der Waals surface area contributed by atoms with E-state index >= 15 is 0 Å². The Labute approximate surface area is 150 Å². The lowest BCUT2D eigenvalue weighted by Gasteiger charge is -2.36. The van der Waals surface area contributed by atoms with Crippen LogP contribution < -0.4 is 5.32 Å². The molecule has 2 rings (SSSR count). The number of nitrogens with one attached hydrogen (secondary N) is 1. The molecule has 2 N–H and O–H groups in total. The smallest absolute Gasteiger partial charge is 0.405 e. The third-order valence-corrected chi connectivity index (χ3v) is 4.55. The standard InChI is InChI=1S/C18H21F2N3O3/c1-18(2,8-11-3-5-12(19)6-4-11)15(22-17(25)26)16(24)23-10-13(20)7-14(23)9-21/h3-6,13-15,22H,7-8,10H2,1-2H3,(H,25,26)/t13-,14-,15+/m0/s1. The van der Waals surface area contributed by atoms with Gasteiger partial charge in [-0.05, 0) is 29.5 Å². The normalized spacial score (nSPS) is 21.1. The summed E-state index contributed by atoms with van der Waals surface area (Å²) in [7, 11) is 0. The van der Waals surface area contributed by atoms with Gasteiger partial charge < -0.3 is 15.3 Å². The van der Waals surface area contributed by atoms with E-state index in [0.29, 0.717) is 0 Å². The topological polar surface area (TPSA) is 93.4 Å². The first-order valence-corrected chi connectivity index (χ1v) is 8.22. The first kappa shape index (κ1) is 19.6. The average molecular weight is 365 g/mol. The molecule has 26 heavy (non-hydrogen) atoms. The highest BCUT2D eigenvalue weighted by molar-refractivity contribution is 5.87. The number of nitrogens with zero attached hydrogens (tertiary/aromatic N) is 2. The molecule has 2 amide bonds. The summed E-state index contributed by atoms with van der Waals surface area (Å²) < 4.78 is 26.7. The quantitative estimate of drug-likeness (QED) is 0.838. The van der Waals surface area contributed by atoms with Crippen LogP contribution in [0.2, 0.25) is 0 Å². The van der Waals surface area contributed by atoms with Crippen LogP contribution >= 0.6 is 0 Å². The van der Waals surface area contributed by atoms with Gasteiger partial charge >= 0.3 is 6.09 Å². The van der Waals surface area contributed by atoms with Crippen LogP contribution in [0.5, 0.6) is 0 Å². The van der Waals surface area contributed by atoms with Gasteiger partial charge in [-0.1, -0.05) is 26.0 Å². The second kappa shape index (κ2) is 7.68. The van der Waals surface area contributed by atoms with Crippen LogP contribution in [0.15, 0.2) is 24.3 Å². The number of amides is 2. The zero-order chi connectivity index (χ0) is 19.5. The van der Waals surface area contributed by atoms with Crippen molar-refractivity contribution in [2.75, 3.05) is 6.54 Å². The summed E-state index contributed by atoms with van der Waals surface area (Å²) in [5, 5.41) is 20.5. The molecule has 1 heterocycles. The summed E-state index contributed by atoms with van der Waals surface area (Å²) in [6, 6.07) is 5.48. The van der Waals surface area contributed by atoms with Crippen molar-refractivity contribution in [1.82, 2.24) is 10.2 Å². The molecule has 0 aromatic heterocycles. The van der Waals surface area contributed by atoms with Gasteiger partial charge in [-0.2, -0.15) is 5.26 Å². The molecule has 0 unspecified atom stereocenters. The number of carbonyl (C=O) groups is 2. The van der Waals surface area contributed by atoms with E-state index in [9.17, 15) is 18.4 Å². The molecule has 6 nitrogen and oxygen atoms in total. The zero-order valence-electron chi connectivity index (χ0n) is 14.6. The number of halogens is 2. The monoisotopic (exact) mass is 365 g/mol. The first-order valence-electron chi connectivity index (χ1n) is 8.22. The fourth-order valence-corrected chi connectivity index (χ4v) is 3.26. The van der Waals surface area contributed by atoms with Gasteiger partial charge in [-0.3, -0.25) is 4.79 Å². The number of likely N-dealkylation sites (tertiary alicyclic amines) is 1. The molecule has 3 atom stereocenters. The van der Waals surface area contributed by atoms with Gasteiger partial charge in [0.05, 0.1) is 12.6 Å². The molecule has 0 saturated carbocycles. The van der Waals surface area contributed by atoms with Gasteiger partial charge in [0.1, 0.15) is 24.1 Å². The Hall–Kier alpha value is -2.69. The number of alkyl halides is 1. The minimum Gasteiger partial charge on any atom is -0.465 e. The van der Waals surface area contributed by atoms with Crippen LogP contribution in [0.1, 0.15) is 25.8 Å². The summed E-state index contributed by atoms with van der Waals surface area (Å²) in [5.74, 6) is -1.03. The summed E-state index contributed by atoms with van der Waals surface area (Å²) in [6.07, 6.45) is -2.50. The van der Waals surface area contributed by atoms with Crippen molar-refractivity contribution in [3.05, 3.63) is 35.6 Å². The predicted octanol–water partition coefficient (Wildman–Crippen LogP) is 2.49. The first-order chi connectivity index (χ1) is 12.1. The van der Waals surface area contributed by atoms with E-state index in [1.54, 1.807) is 26.0 Å². The van der Waals surface area contributed by atoms with E-state index in [0.717, 1.165) is 10.5 Å². The lowest BCUT2D eigenvalue weighted by molar-refractivity contribution is -0.136. The number of rotatable bonds is 5. The largest absolute Gasteiger partial charge is 0.465 e. The molecule has 0 aliphatic carbocycles. The van der Waals surface area contributed by atoms with E-state index in [1.807, 2.05) is 6.07 Å². The molecule has 1 fully saturated rings. The third kappa shape index (κ3) is 4.48. The molecule has 140 valence electrons. The number of benzene rings is 1. The number of hydrogen-bond acceptors (Lipinski definition) is 3. The molecular formula is C18H21F2N3O3. The summed E-state index contributed by atoms with van der Waals surface area (Å²) in [5.41, 5.74) is -0.162. The zero-order valence-corrected chi connectivity index (χ0v) is 14.6. The lowest BCUT2D eigenvalue weighted by Crippen LogP contribution is -2.56. The Morgan fingerprint density at radius 2 is 2.04 bits per heavy atom. The minimum absolute atomic E-state index is 0.0829.